The third-order valence-electron chi connectivity index (χ3n) is 3.84. The lowest BCUT2D eigenvalue weighted by Gasteiger charge is -2.16. The summed E-state index contributed by atoms with van der Waals surface area (Å²) in [5.74, 6) is 0.260. The summed E-state index contributed by atoms with van der Waals surface area (Å²) in [6.45, 7) is 5.66. The van der Waals surface area contributed by atoms with Gasteiger partial charge in [0, 0.05) is 23.6 Å². The number of benzene rings is 2. The fourth-order valence-electron chi connectivity index (χ4n) is 2.65. The van der Waals surface area contributed by atoms with Gasteiger partial charge in [-0.25, -0.2) is 4.98 Å². The van der Waals surface area contributed by atoms with Gasteiger partial charge in [-0.05, 0) is 50.6 Å². The van der Waals surface area contributed by atoms with Gasteiger partial charge in [0.25, 0.3) is 0 Å². The quantitative estimate of drug-likeness (QED) is 0.523. The van der Waals surface area contributed by atoms with Crippen LogP contribution in [0.2, 0.25) is 0 Å². The number of anilines is 4. The molecule has 3 rings (SSSR count). The maximum atomic E-state index is 13.4. The molecular formula is C21H21F3N4O. The molecule has 0 aliphatic heterocycles. The molecule has 1 aromatic heterocycles. The lowest BCUT2D eigenvalue weighted by atomic mass is 10.2. The van der Waals surface area contributed by atoms with Crippen molar-refractivity contribution in [1.29, 1.82) is 0 Å². The smallest absolute Gasteiger partial charge is 0.421 e. The van der Waals surface area contributed by atoms with Crippen LogP contribution in [0.25, 0.3) is 0 Å². The van der Waals surface area contributed by atoms with E-state index in [2.05, 4.69) is 20.6 Å². The van der Waals surface area contributed by atoms with E-state index in [4.69, 9.17) is 4.74 Å². The Morgan fingerprint density at radius 3 is 2.31 bits per heavy atom. The number of hydrogen-bond donors (Lipinski definition) is 2. The molecule has 2 aromatic carbocycles. The van der Waals surface area contributed by atoms with Crippen LogP contribution in [0.5, 0.6) is 5.75 Å². The molecule has 0 saturated heterocycles. The van der Waals surface area contributed by atoms with Crippen LogP contribution in [0.3, 0.4) is 0 Å². The lowest BCUT2D eigenvalue weighted by molar-refractivity contribution is -0.137. The van der Waals surface area contributed by atoms with Crippen LogP contribution in [0.15, 0.2) is 54.7 Å². The third-order valence-corrected chi connectivity index (χ3v) is 3.84. The van der Waals surface area contributed by atoms with Crippen molar-refractivity contribution in [1.82, 2.24) is 9.97 Å². The molecule has 0 amide bonds. The number of aryl methyl sites for hydroxylation is 1. The van der Waals surface area contributed by atoms with E-state index in [0.29, 0.717) is 17.1 Å². The molecule has 0 aliphatic rings. The van der Waals surface area contributed by atoms with Crippen molar-refractivity contribution >= 4 is 23.1 Å². The Balaban J connectivity index is 1.92. The van der Waals surface area contributed by atoms with Gasteiger partial charge in [-0.1, -0.05) is 18.2 Å². The highest BCUT2D eigenvalue weighted by Crippen LogP contribution is 2.35. The van der Waals surface area contributed by atoms with Gasteiger partial charge in [0.05, 0.1) is 6.10 Å². The van der Waals surface area contributed by atoms with E-state index < -0.39 is 11.7 Å². The lowest BCUT2D eigenvalue weighted by Crippen LogP contribution is -2.12. The molecule has 0 atom stereocenters. The van der Waals surface area contributed by atoms with E-state index in [-0.39, 0.29) is 17.9 Å². The molecule has 1 heterocycles. The number of alkyl halides is 3. The van der Waals surface area contributed by atoms with Crippen LogP contribution in [0, 0.1) is 6.92 Å². The first-order chi connectivity index (χ1) is 13.7. The summed E-state index contributed by atoms with van der Waals surface area (Å²) in [5, 5.41) is 5.67. The Morgan fingerprint density at radius 1 is 0.966 bits per heavy atom. The number of nitrogens with zero attached hydrogens (tertiary/aromatic N) is 2. The molecule has 29 heavy (non-hydrogen) atoms. The van der Waals surface area contributed by atoms with E-state index >= 15 is 0 Å². The summed E-state index contributed by atoms with van der Waals surface area (Å²) in [4.78, 5) is 7.88. The molecule has 2 N–H and O–H groups in total. The summed E-state index contributed by atoms with van der Waals surface area (Å²) < 4.78 is 45.9. The maximum absolute atomic E-state index is 13.4. The fraction of sp³-hybridized carbons (Fsp3) is 0.238. The van der Waals surface area contributed by atoms with E-state index in [1.54, 1.807) is 30.3 Å². The molecule has 0 spiro atoms. The standard InChI is InChI=1S/C21H21F3N4O/c1-13(2)29-17-9-5-8-16(11-17)26-19-18(21(22,23)24)12-25-20(28-19)27-15-7-4-6-14(3)10-15/h4-13H,1-3H3,(H2,25,26,27,28). The molecule has 0 unspecified atom stereocenters. The molecule has 0 radical (unpaired) electrons. The normalized spacial score (nSPS) is 11.4. The van der Waals surface area contributed by atoms with Gasteiger partial charge in [0.15, 0.2) is 0 Å². The topological polar surface area (TPSA) is 59.1 Å². The predicted octanol–water partition coefficient (Wildman–Crippen LogP) is 6.08. The van der Waals surface area contributed by atoms with Gasteiger partial charge in [0.2, 0.25) is 5.95 Å². The number of aromatic nitrogens is 2. The number of nitrogens with one attached hydrogen (secondary N) is 2. The van der Waals surface area contributed by atoms with Gasteiger partial charge in [-0.2, -0.15) is 18.2 Å². The van der Waals surface area contributed by atoms with Gasteiger partial charge in [0.1, 0.15) is 17.1 Å². The van der Waals surface area contributed by atoms with E-state index in [1.807, 2.05) is 39.0 Å². The number of rotatable bonds is 6. The minimum Gasteiger partial charge on any atom is -0.491 e. The third kappa shape index (κ3) is 5.60. The van der Waals surface area contributed by atoms with Gasteiger partial charge in [-0.3, -0.25) is 0 Å². The number of halogens is 3. The zero-order chi connectivity index (χ0) is 21.0. The monoisotopic (exact) mass is 402 g/mol. The van der Waals surface area contributed by atoms with Crippen molar-refractivity contribution in [2.75, 3.05) is 10.6 Å². The Bertz CT molecular complexity index is 990. The van der Waals surface area contributed by atoms with E-state index in [1.165, 1.54) is 0 Å². The minimum atomic E-state index is -4.60. The zero-order valence-electron chi connectivity index (χ0n) is 16.2. The SMILES string of the molecule is Cc1cccc(Nc2ncc(C(F)(F)F)c(Nc3cccc(OC(C)C)c3)n2)c1. The molecule has 0 saturated carbocycles. The average Bonchev–Trinajstić information content (AvgIpc) is 2.60. The molecule has 8 heteroatoms. The summed E-state index contributed by atoms with van der Waals surface area (Å²) in [6, 6.07) is 14.1. The molecular weight excluding hydrogens is 381 g/mol. The van der Waals surface area contributed by atoms with Gasteiger partial charge >= 0.3 is 6.18 Å². The fourth-order valence-corrected chi connectivity index (χ4v) is 2.65. The van der Waals surface area contributed by atoms with E-state index in [9.17, 15) is 13.2 Å². The van der Waals surface area contributed by atoms with Crippen molar-refractivity contribution < 1.29 is 17.9 Å². The Morgan fingerprint density at radius 2 is 1.66 bits per heavy atom. The van der Waals surface area contributed by atoms with Crippen LogP contribution in [-0.2, 0) is 6.18 Å². The minimum absolute atomic E-state index is 0.0554. The highest BCUT2D eigenvalue weighted by molar-refractivity contribution is 5.64. The Kier molecular flexibility index (Phi) is 5.91. The number of hydrogen-bond acceptors (Lipinski definition) is 5. The summed E-state index contributed by atoms with van der Waals surface area (Å²) in [5.41, 5.74) is 1.15. The first kappa shape index (κ1) is 20.4. The van der Waals surface area contributed by atoms with E-state index in [0.717, 1.165) is 11.8 Å². The summed E-state index contributed by atoms with van der Waals surface area (Å²) in [7, 11) is 0. The zero-order valence-corrected chi connectivity index (χ0v) is 16.2. The first-order valence-electron chi connectivity index (χ1n) is 9.02. The van der Waals surface area contributed by atoms with Crippen LogP contribution < -0.4 is 15.4 Å². The Labute approximate surface area is 167 Å². The molecule has 0 aliphatic carbocycles. The molecule has 0 fully saturated rings. The second-order valence-corrected chi connectivity index (χ2v) is 6.77. The molecule has 5 nitrogen and oxygen atoms in total. The van der Waals surface area contributed by atoms with Crippen molar-refractivity contribution in [2.24, 2.45) is 0 Å². The van der Waals surface area contributed by atoms with Crippen molar-refractivity contribution in [2.45, 2.75) is 33.1 Å². The largest absolute Gasteiger partial charge is 0.491 e. The second kappa shape index (κ2) is 8.38. The van der Waals surface area contributed by atoms with Crippen LogP contribution >= 0.6 is 0 Å². The maximum Gasteiger partial charge on any atom is 0.421 e. The van der Waals surface area contributed by atoms with Crippen molar-refractivity contribution in [3.8, 4) is 5.75 Å². The first-order valence-corrected chi connectivity index (χ1v) is 9.02. The average molecular weight is 402 g/mol. The highest BCUT2D eigenvalue weighted by atomic mass is 19.4. The van der Waals surface area contributed by atoms with Crippen LogP contribution in [0.1, 0.15) is 25.0 Å². The highest BCUT2D eigenvalue weighted by Gasteiger charge is 2.35. The van der Waals surface area contributed by atoms with Crippen molar-refractivity contribution in [3.05, 3.63) is 65.9 Å². The molecule has 0 bridgehead atoms. The van der Waals surface area contributed by atoms with Crippen molar-refractivity contribution in [3.63, 3.8) is 0 Å². The summed E-state index contributed by atoms with van der Waals surface area (Å²) in [6.07, 6.45) is -3.89. The van der Waals surface area contributed by atoms with Gasteiger partial charge < -0.3 is 15.4 Å². The number of ether oxygens (including phenoxy) is 1. The predicted molar refractivity (Wildman–Crippen MR) is 107 cm³/mol. The van der Waals surface area contributed by atoms with Gasteiger partial charge in [-0.15, -0.1) is 0 Å². The second-order valence-electron chi connectivity index (χ2n) is 6.77. The molecule has 152 valence electrons. The Hall–Kier alpha value is -3.29. The van der Waals surface area contributed by atoms with Crippen LogP contribution in [0.4, 0.5) is 36.3 Å². The molecule has 3 aromatic rings. The summed E-state index contributed by atoms with van der Waals surface area (Å²) >= 11 is 0. The van der Waals surface area contributed by atoms with Crippen LogP contribution in [-0.4, -0.2) is 16.1 Å².